The smallest absolute Gasteiger partial charge is 0.244 e. The molecule has 2 heterocycles. The van der Waals surface area contributed by atoms with Gasteiger partial charge in [0.2, 0.25) is 11.8 Å². The first kappa shape index (κ1) is 17.3. The van der Waals surface area contributed by atoms with E-state index in [1.165, 1.54) is 0 Å². The molecule has 0 radical (unpaired) electrons. The normalized spacial score (nSPS) is 15.9. The zero-order valence-corrected chi connectivity index (χ0v) is 16.1. The summed E-state index contributed by atoms with van der Waals surface area (Å²) in [5.74, 6) is 0.253. The highest BCUT2D eigenvalue weighted by atomic mass is 16.5. The van der Waals surface area contributed by atoms with E-state index in [0.717, 1.165) is 51.2 Å². The average Bonchev–Trinajstić information content (AvgIpc) is 3.13. The van der Waals surface area contributed by atoms with Crippen LogP contribution in [0.4, 0.5) is 0 Å². The molecule has 1 aliphatic heterocycles. The van der Waals surface area contributed by atoms with Gasteiger partial charge in [0, 0.05) is 5.69 Å². The molecule has 5 nitrogen and oxygen atoms in total. The van der Waals surface area contributed by atoms with Gasteiger partial charge in [0.15, 0.2) is 0 Å². The van der Waals surface area contributed by atoms with Gasteiger partial charge >= 0.3 is 0 Å². The number of rotatable bonds is 3. The number of aryl methyl sites for hydroxylation is 1. The van der Waals surface area contributed by atoms with Gasteiger partial charge in [0.05, 0.1) is 11.5 Å². The molecule has 0 saturated heterocycles. The fourth-order valence-electron chi connectivity index (χ4n) is 4.40. The minimum absolute atomic E-state index is 0.122. The second-order valence-electron chi connectivity index (χ2n) is 7.33. The number of fused-ring (bicyclic) bond motifs is 3. The third-order valence-corrected chi connectivity index (χ3v) is 5.62. The molecule has 29 heavy (non-hydrogen) atoms. The van der Waals surface area contributed by atoms with Crippen LogP contribution in [-0.2, 0) is 6.42 Å². The van der Waals surface area contributed by atoms with Crippen LogP contribution in [0.15, 0.2) is 66.1 Å². The summed E-state index contributed by atoms with van der Waals surface area (Å²) in [6.07, 6.45) is 1.78. The van der Waals surface area contributed by atoms with Gasteiger partial charge in [-0.3, -0.25) is 5.10 Å². The zero-order valence-electron chi connectivity index (χ0n) is 16.1. The molecule has 5 rings (SSSR count). The Morgan fingerprint density at radius 3 is 2.34 bits per heavy atom. The molecule has 0 unspecified atom stereocenters. The van der Waals surface area contributed by atoms with Crippen LogP contribution in [0.2, 0.25) is 0 Å². The van der Waals surface area contributed by atoms with E-state index < -0.39 is 0 Å². The van der Waals surface area contributed by atoms with Crippen LogP contribution >= 0.6 is 0 Å². The van der Waals surface area contributed by atoms with Crippen molar-refractivity contribution in [3.8, 4) is 11.9 Å². The Labute approximate surface area is 168 Å². The molecule has 3 aromatic carbocycles. The van der Waals surface area contributed by atoms with Crippen LogP contribution in [0.1, 0.15) is 36.1 Å². The molecule has 5 heteroatoms. The van der Waals surface area contributed by atoms with Gasteiger partial charge in [-0.1, -0.05) is 61.9 Å². The maximum absolute atomic E-state index is 10.0. The highest BCUT2D eigenvalue weighted by molar-refractivity contribution is 6.03. The summed E-state index contributed by atoms with van der Waals surface area (Å²) in [4.78, 5) is 0. The Bertz CT molecular complexity index is 1270. The van der Waals surface area contributed by atoms with Crippen molar-refractivity contribution in [2.45, 2.75) is 25.7 Å². The Hall–Kier alpha value is -3.78. The number of hydrogen-bond acceptors (Lipinski definition) is 4. The molecule has 0 amide bonds. The van der Waals surface area contributed by atoms with E-state index in [0.29, 0.717) is 11.5 Å². The summed E-state index contributed by atoms with van der Waals surface area (Å²) < 4.78 is 5.73. The number of ether oxygens (including phenoxy) is 1. The van der Waals surface area contributed by atoms with Crippen molar-refractivity contribution in [3.05, 3.63) is 82.9 Å². The molecule has 4 aromatic rings. The van der Waals surface area contributed by atoms with Crippen LogP contribution in [0.3, 0.4) is 0 Å². The van der Waals surface area contributed by atoms with E-state index >= 15 is 0 Å². The molecule has 1 aromatic heterocycles. The molecule has 142 valence electrons. The predicted octanol–water partition coefficient (Wildman–Crippen LogP) is 4.89. The molecule has 0 spiro atoms. The van der Waals surface area contributed by atoms with Crippen LogP contribution in [0, 0.1) is 11.3 Å². The average molecular weight is 380 g/mol. The molecule has 0 aliphatic carbocycles. The molecule has 1 atom stereocenters. The van der Waals surface area contributed by atoms with Crippen molar-refractivity contribution < 1.29 is 4.74 Å². The highest BCUT2D eigenvalue weighted by Crippen LogP contribution is 2.47. The fraction of sp³-hybridized carbons (Fsp3) is 0.167. The first-order valence-corrected chi connectivity index (χ1v) is 9.78. The lowest BCUT2D eigenvalue weighted by molar-refractivity contribution is 0.379. The van der Waals surface area contributed by atoms with E-state index in [2.05, 4.69) is 53.5 Å². The van der Waals surface area contributed by atoms with Gasteiger partial charge in [0.25, 0.3) is 0 Å². The first-order valence-electron chi connectivity index (χ1n) is 9.78. The van der Waals surface area contributed by atoms with Crippen LogP contribution < -0.4 is 10.5 Å². The SMILES string of the molecule is CCCc1[nH]nc2c1[C@H](c1c3ccccc3cc3ccccc13)C(C#N)=C(N)O2. The van der Waals surface area contributed by atoms with Gasteiger partial charge in [-0.05, 0) is 39.6 Å². The minimum Gasteiger partial charge on any atom is -0.420 e. The Kier molecular flexibility index (Phi) is 3.99. The van der Waals surface area contributed by atoms with Crippen molar-refractivity contribution in [3.63, 3.8) is 0 Å². The lowest BCUT2D eigenvalue weighted by Gasteiger charge is -2.26. The predicted molar refractivity (Wildman–Crippen MR) is 113 cm³/mol. The number of allylic oxidation sites excluding steroid dienone is 1. The summed E-state index contributed by atoms with van der Waals surface area (Å²) in [7, 11) is 0. The zero-order chi connectivity index (χ0) is 20.0. The molecule has 0 fully saturated rings. The van der Waals surface area contributed by atoms with Crippen LogP contribution in [0.5, 0.6) is 5.88 Å². The molecule has 0 bridgehead atoms. The fourth-order valence-corrected chi connectivity index (χ4v) is 4.40. The van der Waals surface area contributed by atoms with E-state index in [4.69, 9.17) is 10.5 Å². The van der Waals surface area contributed by atoms with Crippen molar-refractivity contribution >= 4 is 21.5 Å². The number of nitriles is 1. The molecular weight excluding hydrogens is 360 g/mol. The van der Waals surface area contributed by atoms with E-state index in [-0.39, 0.29) is 11.8 Å². The summed E-state index contributed by atoms with van der Waals surface area (Å²) in [5, 5.41) is 22.0. The number of benzene rings is 3. The maximum atomic E-state index is 10.0. The summed E-state index contributed by atoms with van der Waals surface area (Å²) >= 11 is 0. The summed E-state index contributed by atoms with van der Waals surface area (Å²) in [6, 6.07) is 21.1. The molecule has 1 aliphatic rings. The lowest BCUT2D eigenvalue weighted by Crippen LogP contribution is -2.21. The number of aromatic nitrogens is 2. The number of hydrogen-bond donors (Lipinski definition) is 2. The largest absolute Gasteiger partial charge is 0.420 e. The van der Waals surface area contributed by atoms with Crippen molar-refractivity contribution in [1.29, 1.82) is 5.26 Å². The highest BCUT2D eigenvalue weighted by Gasteiger charge is 2.36. The maximum Gasteiger partial charge on any atom is 0.244 e. The van der Waals surface area contributed by atoms with Crippen molar-refractivity contribution in [1.82, 2.24) is 10.2 Å². The van der Waals surface area contributed by atoms with Gasteiger partial charge in [-0.2, -0.15) is 5.26 Å². The standard InChI is InChI=1S/C24H20N4O/c1-2-7-19-22-21(18(13-25)23(26)29-24(22)28-27-19)20-16-10-5-3-8-14(16)12-15-9-4-6-11-17(15)20/h3-6,8-12,21H,2,7,26H2,1H3,(H,27,28)/t21-/m0/s1. The van der Waals surface area contributed by atoms with Crippen LogP contribution in [0.25, 0.3) is 21.5 Å². The minimum atomic E-state index is -0.333. The van der Waals surface area contributed by atoms with E-state index in [1.807, 2.05) is 24.3 Å². The van der Waals surface area contributed by atoms with Gasteiger partial charge < -0.3 is 10.5 Å². The summed E-state index contributed by atoms with van der Waals surface area (Å²) in [5.41, 5.74) is 9.59. The molecule has 3 N–H and O–H groups in total. The lowest BCUT2D eigenvalue weighted by atomic mass is 9.79. The number of aromatic amines is 1. The number of nitrogens with zero attached hydrogens (tertiary/aromatic N) is 2. The number of H-pyrrole nitrogens is 1. The Morgan fingerprint density at radius 2 is 1.72 bits per heavy atom. The van der Waals surface area contributed by atoms with E-state index in [9.17, 15) is 5.26 Å². The van der Waals surface area contributed by atoms with Gasteiger partial charge in [-0.15, -0.1) is 5.10 Å². The number of nitrogens with one attached hydrogen (secondary N) is 1. The summed E-state index contributed by atoms with van der Waals surface area (Å²) in [6.45, 7) is 2.12. The monoisotopic (exact) mass is 380 g/mol. The Balaban J connectivity index is 1.93. The molecule has 0 saturated carbocycles. The number of nitrogens with two attached hydrogens (primary N) is 1. The second-order valence-corrected chi connectivity index (χ2v) is 7.33. The quantitative estimate of drug-likeness (QED) is 0.496. The van der Waals surface area contributed by atoms with Crippen molar-refractivity contribution in [2.24, 2.45) is 5.73 Å². The third kappa shape index (κ3) is 2.57. The first-order chi connectivity index (χ1) is 14.2. The van der Waals surface area contributed by atoms with Gasteiger partial charge in [0.1, 0.15) is 11.6 Å². The Morgan fingerprint density at radius 1 is 1.07 bits per heavy atom. The van der Waals surface area contributed by atoms with Crippen molar-refractivity contribution in [2.75, 3.05) is 0 Å². The third-order valence-electron chi connectivity index (χ3n) is 5.62. The topological polar surface area (TPSA) is 87.7 Å². The second kappa shape index (κ2) is 6.68. The van der Waals surface area contributed by atoms with Gasteiger partial charge in [-0.25, -0.2) is 0 Å². The van der Waals surface area contributed by atoms with Crippen LogP contribution in [-0.4, -0.2) is 10.2 Å². The van der Waals surface area contributed by atoms with E-state index in [1.54, 1.807) is 0 Å². The molecular formula is C24H20N4O.